The summed E-state index contributed by atoms with van der Waals surface area (Å²) < 4.78 is 28.2. The molecule has 1 N–H and O–H groups in total. The number of nitrogens with one attached hydrogen (secondary N) is 1. The molecule has 0 fully saturated rings. The SMILES string of the molecule is O=S(=O)(NC1CCc2ccccc21)c1cncc(Br)c1. The largest absolute Gasteiger partial charge is 0.262 e. The van der Waals surface area contributed by atoms with Crippen LogP contribution in [0.5, 0.6) is 0 Å². The normalized spacial score (nSPS) is 17.9. The molecule has 0 bridgehead atoms. The Labute approximate surface area is 126 Å². The van der Waals surface area contributed by atoms with E-state index in [1.807, 2.05) is 24.3 Å². The van der Waals surface area contributed by atoms with Gasteiger partial charge in [0.1, 0.15) is 4.90 Å². The zero-order valence-corrected chi connectivity index (χ0v) is 13.0. The molecule has 3 rings (SSSR count). The smallest absolute Gasteiger partial charge is 0.242 e. The van der Waals surface area contributed by atoms with Crippen molar-refractivity contribution in [2.24, 2.45) is 0 Å². The van der Waals surface area contributed by atoms with Crippen LogP contribution in [-0.4, -0.2) is 13.4 Å². The summed E-state index contributed by atoms with van der Waals surface area (Å²) in [5.74, 6) is 0. The van der Waals surface area contributed by atoms with E-state index in [1.54, 1.807) is 12.3 Å². The minimum absolute atomic E-state index is 0.157. The molecule has 104 valence electrons. The maximum absolute atomic E-state index is 12.4. The van der Waals surface area contributed by atoms with Gasteiger partial charge in [-0.15, -0.1) is 0 Å². The average molecular weight is 353 g/mol. The van der Waals surface area contributed by atoms with Crippen molar-refractivity contribution in [3.05, 3.63) is 58.3 Å². The molecule has 2 aromatic rings. The molecule has 1 heterocycles. The van der Waals surface area contributed by atoms with Crippen molar-refractivity contribution in [2.45, 2.75) is 23.8 Å². The average Bonchev–Trinajstić information content (AvgIpc) is 2.82. The Hall–Kier alpha value is -1.24. The summed E-state index contributed by atoms with van der Waals surface area (Å²) in [6.45, 7) is 0. The van der Waals surface area contributed by atoms with E-state index in [2.05, 4.69) is 25.6 Å². The van der Waals surface area contributed by atoms with Crippen LogP contribution in [0.2, 0.25) is 0 Å². The lowest BCUT2D eigenvalue weighted by atomic mass is 10.1. The third-order valence-electron chi connectivity index (χ3n) is 3.42. The van der Waals surface area contributed by atoms with Crippen molar-refractivity contribution in [3.63, 3.8) is 0 Å². The van der Waals surface area contributed by atoms with E-state index >= 15 is 0 Å². The van der Waals surface area contributed by atoms with Gasteiger partial charge < -0.3 is 0 Å². The van der Waals surface area contributed by atoms with Gasteiger partial charge in [0.05, 0.1) is 0 Å². The van der Waals surface area contributed by atoms with E-state index in [-0.39, 0.29) is 10.9 Å². The zero-order valence-electron chi connectivity index (χ0n) is 10.6. The lowest BCUT2D eigenvalue weighted by molar-refractivity contribution is 0.554. The van der Waals surface area contributed by atoms with E-state index < -0.39 is 10.0 Å². The van der Waals surface area contributed by atoms with Crippen molar-refractivity contribution in [1.82, 2.24) is 9.71 Å². The van der Waals surface area contributed by atoms with Crippen LogP contribution in [0.15, 0.2) is 52.1 Å². The molecule has 1 aliphatic rings. The third kappa shape index (κ3) is 2.63. The van der Waals surface area contributed by atoms with Gasteiger partial charge in [0.15, 0.2) is 0 Å². The number of hydrogen-bond donors (Lipinski definition) is 1. The molecule has 0 radical (unpaired) electrons. The molecule has 6 heteroatoms. The first-order valence-corrected chi connectivity index (χ1v) is 8.54. The summed E-state index contributed by atoms with van der Waals surface area (Å²) in [6.07, 6.45) is 4.61. The minimum atomic E-state index is -3.55. The maximum Gasteiger partial charge on any atom is 0.242 e. The second-order valence-electron chi connectivity index (χ2n) is 4.75. The van der Waals surface area contributed by atoms with E-state index in [9.17, 15) is 8.42 Å². The fraction of sp³-hybridized carbons (Fsp3) is 0.214. The Morgan fingerprint density at radius 3 is 2.85 bits per heavy atom. The Kier molecular flexibility index (Phi) is 3.62. The lowest BCUT2D eigenvalue weighted by Gasteiger charge is -2.14. The fourth-order valence-corrected chi connectivity index (χ4v) is 4.23. The van der Waals surface area contributed by atoms with Gasteiger partial charge in [-0.3, -0.25) is 4.98 Å². The molecule has 0 spiro atoms. The highest BCUT2D eigenvalue weighted by Gasteiger charge is 2.27. The van der Waals surface area contributed by atoms with Crippen LogP contribution in [0.25, 0.3) is 0 Å². The number of nitrogens with zero attached hydrogens (tertiary/aromatic N) is 1. The van der Waals surface area contributed by atoms with Crippen molar-refractivity contribution < 1.29 is 8.42 Å². The molecule has 1 atom stereocenters. The molecule has 20 heavy (non-hydrogen) atoms. The van der Waals surface area contributed by atoms with Crippen molar-refractivity contribution in [2.75, 3.05) is 0 Å². The fourth-order valence-electron chi connectivity index (χ4n) is 2.47. The molecule has 0 amide bonds. The molecule has 1 aliphatic carbocycles. The first kappa shape index (κ1) is 13.7. The van der Waals surface area contributed by atoms with Crippen LogP contribution in [0, 0.1) is 0 Å². The number of sulfonamides is 1. The molecular formula is C14H13BrN2O2S. The van der Waals surface area contributed by atoms with E-state index in [1.165, 1.54) is 11.8 Å². The number of hydrogen-bond acceptors (Lipinski definition) is 3. The summed E-state index contributed by atoms with van der Waals surface area (Å²) in [6, 6.07) is 9.34. The molecule has 0 aliphatic heterocycles. The number of aryl methyl sites for hydroxylation is 1. The second kappa shape index (κ2) is 5.27. The highest BCUT2D eigenvalue weighted by Crippen LogP contribution is 2.32. The summed E-state index contributed by atoms with van der Waals surface area (Å²) in [5, 5.41) is 0. The first-order valence-electron chi connectivity index (χ1n) is 6.27. The van der Waals surface area contributed by atoms with Crippen LogP contribution in [-0.2, 0) is 16.4 Å². The van der Waals surface area contributed by atoms with Crippen LogP contribution in [0.3, 0.4) is 0 Å². The Morgan fingerprint density at radius 2 is 2.05 bits per heavy atom. The van der Waals surface area contributed by atoms with Gasteiger partial charge in [-0.25, -0.2) is 13.1 Å². The molecular weight excluding hydrogens is 340 g/mol. The van der Waals surface area contributed by atoms with Crippen LogP contribution < -0.4 is 4.72 Å². The summed E-state index contributed by atoms with van der Waals surface area (Å²) >= 11 is 3.24. The zero-order chi connectivity index (χ0) is 14.2. The first-order chi connectivity index (χ1) is 9.56. The third-order valence-corrected chi connectivity index (χ3v) is 5.29. The monoisotopic (exact) mass is 352 g/mol. The highest BCUT2D eigenvalue weighted by atomic mass is 79.9. The number of fused-ring (bicyclic) bond motifs is 1. The molecule has 4 nitrogen and oxygen atoms in total. The van der Waals surface area contributed by atoms with Crippen molar-refractivity contribution in [3.8, 4) is 0 Å². The molecule has 0 saturated heterocycles. The van der Waals surface area contributed by atoms with Gasteiger partial charge in [0.25, 0.3) is 0 Å². The van der Waals surface area contributed by atoms with Crippen LogP contribution >= 0.6 is 15.9 Å². The highest BCUT2D eigenvalue weighted by molar-refractivity contribution is 9.10. The van der Waals surface area contributed by atoms with Crippen LogP contribution in [0.1, 0.15) is 23.6 Å². The van der Waals surface area contributed by atoms with E-state index in [4.69, 9.17) is 0 Å². The molecule has 1 aromatic carbocycles. The van der Waals surface area contributed by atoms with Gasteiger partial charge >= 0.3 is 0 Å². The van der Waals surface area contributed by atoms with Gasteiger partial charge in [-0.05, 0) is 46.0 Å². The Balaban J connectivity index is 1.89. The van der Waals surface area contributed by atoms with Crippen LogP contribution in [0.4, 0.5) is 0 Å². The molecule has 0 saturated carbocycles. The maximum atomic E-state index is 12.4. The summed E-state index contributed by atoms with van der Waals surface area (Å²) in [7, 11) is -3.55. The van der Waals surface area contributed by atoms with Gasteiger partial charge in [0, 0.05) is 22.9 Å². The Bertz CT molecular complexity index is 746. The van der Waals surface area contributed by atoms with E-state index in [0.717, 1.165) is 18.4 Å². The number of aromatic nitrogens is 1. The number of pyridine rings is 1. The lowest BCUT2D eigenvalue weighted by Crippen LogP contribution is -2.27. The topological polar surface area (TPSA) is 59.1 Å². The van der Waals surface area contributed by atoms with Crippen molar-refractivity contribution >= 4 is 26.0 Å². The predicted octanol–water partition coefficient (Wildman–Crippen LogP) is 2.81. The number of halogens is 1. The number of benzene rings is 1. The van der Waals surface area contributed by atoms with Gasteiger partial charge in [-0.2, -0.15) is 0 Å². The summed E-state index contributed by atoms with van der Waals surface area (Å²) in [5.41, 5.74) is 2.28. The van der Waals surface area contributed by atoms with E-state index in [0.29, 0.717) is 4.47 Å². The number of rotatable bonds is 3. The van der Waals surface area contributed by atoms with Gasteiger partial charge in [-0.1, -0.05) is 24.3 Å². The molecule has 1 aromatic heterocycles. The predicted molar refractivity (Wildman–Crippen MR) is 79.8 cm³/mol. The molecule has 1 unspecified atom stereocenters. The standard InChI is InChI=1S/C14H13BrN2O2S/c15-11-7-12(9-16-8-11)20(18,19)17-14-6-5-10-3-1-2-4-13(10)14/h1-4,7-9,14,17H,5-6H2. The second-order valence-corrected chi connectivity index (χ2v) is 7.38. The van der Waals surface area contributed by atoms with Crippen molar-refractivity contribution in [1.29, 1.82) is 0 Å². The Morgan fingerprint density at radius 1 is 1.25 bits per heavy atom. The van der Waals surface area contributed by atoms with Gasteiger partial charge in [0.2, 0.25) is 10.0 Å². The summed E-state index contributed by atoms with van der Waals surface area (Å²) in [4.78, 5) is 4.08. The quantitative estimate of drug-likeness (QED) is 0.923. The minimum Gasteiger partial charge on any atom is -0.262 e.